The lowest BCUT2D eigenvalue weighted by atomic mass is 9.80. The Morgan fingerprint density at radius 1 is 0.667 bits per heavy atom. The van der Waals surface area contributed by atoms with Crippen molar-refractivity contribution in [2.45, 2.75) is 82.1 Å². The van der Waals surface area contributed by atoms with Crippen LogP contribution in [0.15, 0.2) is 140 Å². The van der Waals surface area contributed by atoms with Crippen LogP contribution < -0.4 is 10.6 Å². The largest absolute Gasteiger partial charge is 0.449 e. The predicted molar refractivity (Wildman–Crippen MR) is 230 cm³/mol. The van der Waals surface area contributed by atoms with E-state index in [4.69, 9.17) is 14.2 Å². The van der Waals surface area contributed by atoms with Crippen LogP contribution in [0.4, 0.5) is 9.59 Å². The number of hydrogen-bond acceptors (Lipinski definition) is 7. The van der Waals surface area contributed by atoms with Gasteiger partial charge in [-0.15, -0.1) is 0 Å². The van der Waals surface area contributed by atoms with E-state index in [0.717, 1.165) is 38.9 Å². The molecule has 2 aliphatic rings. The highest BCUT2D eigenvalue weighted by Gasteiger charge is 2.45. The number of esters is 1. The van der Waals surface area contributed by atoms with Crippen molar-refractivity contribution in [1.29, 1.82) is 0 Å². The second-order valence-electron chi connectivity index (χ2n) is 16.3. The normalized spacial score (nSPS) is 15.3. The maximum atomic E-state index is 14.7. The van der Waals surface area contributed by atoms with Crippen LogP contribution in [-0.2, 0) is 29.4 Å². The number of carbonyl (C=O) groups excluding carboxylic acids is 4. The number of nitrogens with one attached hydrogen (secondary N) is 2. The Labute approximate surface area is 352 Å². The van der Waals surface area contributed by atoms with Crippen molar-refractivity contribution >= 4 is 24.1 Å². The molecule has 0 radical (unpaired) electrons. The van der Waals surface area contributed by atoms with E-state index in [1.807, 2.05) is 127 Å². The lowest BCUT2D eigenvalue weighted by Crippen LogP contribution is -2.53. The first kappa shape index (κ1) is 41.7. The van der Waals surface area contributed by atoms with Crippen molar-refractivity contribution in [2.24, 2.45) is 0 Å². The number of rotatable bonds is 14. The molecule has 0 bridgehead atoms. The predicted octanol–water partition coefficient (Wildman–Crippen LogP) is 9.12. The van der Waals surface area contributed by atoms with E-state index in [2.05, 4.69) is 22.8 Å². The second-order valence-corrected chi connectivity index (χ2v) is 16.3. The Morgan fingerprint density at radius 2 is 1.18 bits per heavy atom. The zero-order chi connectivity index (χ0) is 42.1. The molecule has 310 valence electrons. The summed E-state index contributed by atoms with van der Waals surface area (Å²) in [5, 5.41) is 5.63. The van der Waals surface area contributed by atoms with Crippen molar-refractivity contribution in [3.05, 3.63) is 167 Å². The Balaban J connectivity index is 1.10. The molecular formula is C50H53N3O7. The van der Waals surface area contributed by atoms with Crippen LogP contribution >= 0.6 is 0 Å². The van der Waals surface area contributed by atoms with Crippen LogP contribution in [0.1, 0.15) is 86.6 Å². The number of hydrogen-bond donors (Lipinski definition) is 2. The van der Waals surface area contributed by atoms with Crippen molar-refractivity contribution in [2.75, 3.05) is 19.7 Å². The summed E-state index contributed by atoms with van der Waals surface area (Å²) in [6, 6.07) is 43.2. The number of ether oxygens (including phenoxy) is 3. The van der Waals surface area contributed by atoms with Crippen molar-refractivity contribution < 1.29 is 33.4 Å². The smallest absolute Gasteiger partial charge is 0.407 e. The summed E-state index contributed by atoms with van der Waals surface area (Å²) in [6.45, 7) is 6.11. The monoisotopic (exact) mass is 807 g/mol. The third kappa shape index (κ3) is 9.38. The van der Waals surface area contributed by atoms with Gasteiger partial charge in [0.1, 0.15) is 24.3 Å². The molecule has 5 aromatic carbocycles. The number of alkyl carbamates (subject to hydrolysis) is 2. The summed E-state index contributed by atoms with van der Waals surface area (Å²) >= 11 is 0. The Hall–Kier alpha value is -6.42. The van der Waals surface area contributed by atoms with Gasteiger partial charge in [-0.05, 0) is 75.1 Å². The molecule has 10 nitrogen and oxygen atoms in total. The molecule has 0 aromatic heterocycles. The van der Waals surface area contributed by atoms with Gasteiger partial charge < -0.3 is 29.7 Å². The zero-order valence-electron chi connectivity index (χ0n) is 34.5. The Kier molecular flexibility index (Phi) is 13.0. The van der Waals surface area contributed by atoms with Gasteiger partial charge in [0.15, 0.2) is 5.60 Å². The van der Waals surface area contributed by atoms with E-state index in [1.54, 1.807) is 25.7 Å². The van der Waals surface area contributed by atoms with E-state index in [0.29, 0.717) is 38.8 Å². The number of unbranched alkanes of at least 4 members (excludes halogenated alkanes) is 1. The minimum absolute atomic E-state index is 0.0831. The number of amides is 3. The van der Waals surface area contributed by atoms with Crippen LogP contribution in [0.3, 0.4) is 0 Å². The number of benzene rings is 5. The maximum absolute atomic E-state index is 14.7. The fraction of sp³-hybridized carbons (Fsp3) is 0.320. The highest BCUT2D eigenvalue weighted by atomic mass is 16.6. The van der Waals surface area contributed by atoms with E-state index in [1.165, 1.54) is 0 Å². The van der Waals surface area contributed by atoms with Crippen LogP contribution in [0.25, 0.3) is 11.1 Å². The summed E-state index contributed by atoms with van der Waals surface area (Å²) in [5.41, 5.74) is 4.73. The van der Waals surface area contributed by atoms with Gasteiger partial charge in [0, 0.05) is 35.7 Å². The van der Waals surface area contributed by atoms with E-state index < -0.39 is 47.3 Å². The highest BCUT2D eigenvalue weighted by molar-refractivity contribution is 5.90. The molecule has 0 spiro atoms. The molecule has 2 atom stereocenters. The summed E-state index contributed by atoms with van der Waals surface area (Å²) < 4.78 is 18.0. The number of nitrogens with zero attached hydrogens (tertiary/aromatic N) is 1. The molecule has 1 heterocycles. The van der Waals surface area contributed by atoms with E-state index in [9.17, 15) is 19.2 Å². The van der Waals surface area contributed by atoms with Crippen LogP contribution in [0, 0.1) is 0 Å². The molecule has 1 aliphatic heterocycles. The highest BCUT2D eigenvalue weighted by Crippen LogP contribution is 2.45. The Morgan fingerprint density at radius 3 is 1.72 bits per heavy atom. The standard InChI is InChI=1S/C50H53N3O7/c1-49(2,3)60-47(56)51-32-18-17-30-43(52-48(57)58-34-42-40-28-15-13-26-38(40)39-27-14-16-29-41(39)42)45(54)53-33-19-31-44(53)46(55)59-50(35-20-7-4-8-21-35,36-22-9-5-10-23-36)37-24-11-6-12-25-37/h4-16,20-29,42-44H,17-19,30-34H2,1-3H3,(H,51,56)(H,52,57)/t43-,44-/m0/s1. The lowest BCUT2D eigenvalue weighted by molar-refractivity contribution is -0.162. The minimum Gasteiger partial charge on any atom is -0.449 e. The summed E-state index contributed by atoms with van der Waals surface area (Å²) in [6.07, 6.45) is 0.986. The number of likely N-dealkylation sites (tertiary alicyclic amines) is 1. The first-order valence-electron chi connectivity index (χ1n) is 20.8. The van der Waals surface area contributed by atoms with Crippen molar-refractivity contribution in [1.82, 2.24) is 15.5 Å². The quantitative estimate of drug-likeness (QED) is 0.0497. The third-order valence-electron chi connectivity index (χ3n) is 11.1. The summed E-state index contributed by atoms with van der Waals surface area (Å²) in [4.78, 5) is 56.8. The van der Waals surface area contributed by atoms with Gasteiger partial charge in [-0.25, -0.2) is 14.4 Å². The SMILES string of the molecule is CC(C)(C)OC(=O)NCCCC[C@H](NC(=O)OCC1c2ccccc2-c2ccccc21)C(=O)N1CCC[C@H]1C(=O)OC(c1ccccc1)(c1ccccc1)c1ccccc1. The van der Waals surface area contributed by atoms with E-state index >= 15 is 0 Å². The first-order chi connectivity index (χ1) is 29.0. The fourth-order valence-corrected chi connectivity index (χ4v) is 8.41. The molecule has 2 N–H and O–H groups in total. The molecule has 1 fully saturated rings. The fourth-order valence-electron chi connectivity index (χ4n) is 8.41. The molecule has 0 saturated carbocycles. The van der Waals surface area contributed by atoms with Gasteiger partial charge in [0.2, 0.25) is 5.91 Å². The second kappa shape index (κ2) is 18.7. The minimum atomic E-state index is -1.31. The molecule has 1 aliphatic carbocycles. The van der Waals surface area contributed by atoms with Gasteiger partial charge in [-0.3, -0.25) is 4.79 Å². The average Bonchev–Trinajstić information content (AvgIpc) is 3.88. The van der Waals surface area contributed by atoms with Crippen molar-refractivity contribution in [3.8, 4) is 11.1 Å². The molecule has 7 rings (SSSR count). The third-order valence-corrected chi connectivity index (χ3v) is 11.1. The average molecular weight is 808 g/mol. The Bertz CT molecular complexity index is 2120. The zero-order valence-corrected chi connectivity index (χ0v) is 34.5. The lowest BCUT2D eigenvalue weighted by Gasteiger charge is -2.37. The summed E-state index contributed by atoms with van der Waals surface area (Å²) in [5.74, 6) is -1.10. The number of fused-ring (bicyclic) bond motifs is 3. The van der Waals surface area contributed by atoms with E-state index in [-0.39, 0.29) is 18.9 Å². The molecular weight excluding hydrogens is 755 g/mol. The van der Waals surface area contributed by atoms with Crippen molar-refractivity contribution in [3.63, 3.8) is 0 Å². The molecule has 60 heavy (non-hydrogen) atoms. The molecule has 1 saturated heterocycles. The maximum Gasteiger partial charge on any atom is 0.407 e. The summed E-state index contributed by atoms with van der Waals surface area (Å²) in [7, 11) is 0. The molecule has 0 unspecified atom stereocenters. The van der Waals surface area contributed by atoms with Gasteiger partial charge in [-0.2, -0.15) is 0 Å². The number of carbonyl (C=O) groups is 4. The first-order valence-corrected chi connectivity index (χ1v) is 20.8. The molecule has 3 amide bonds. The van der Waals surface area contributed by atoms with Gasteiger partial charge in [0.25, 0.3) is 0 Å². The molecule has 10 heteroatoms. The molecule has 5 aromatic rings. The van der Waals surface area contributed by atoms with Crippen LogP contribution in [0.5, 0.6) is 0 Å². The topological polar surface area (TPSA) is 123 Å². The van der Waals surface area contributed by atoms with Crippen LogP contribution in [0.2, 0.25) is 0 Å². The van der Waals surface area contributed by atoms with Gasteiger partial charge in [-0.1, -0.05) is 140 Å². The van der Waals surface area contributed by atoms with Crippen LogP contribution in [-0.4, -0.2) is 66.3 Å². The van der Waals surface area contributed by atoms with Gasteiger partial charge >= 0.3 is 18.2 Å². The van der Waals surface area contributed by atoms with Gasteiger partial charge in [0.05, 0.1) is 0 Å².